The molecular weight excluding hydrogens is 308 g/mol. The van der Waals surface area contributed by atoms with E-state index < -0.39 is 0 Å². The first-order valence-electron chi connectivity index (χ1n) is 9.13. The summed E-state index contributed by atoms with van der Waals surface area (Å²) in [5.74, 6) is 1.75. The van der Waals surface area contributed by atoms with Crippen molar-refractivity contribution in [3.63, 3.8) is 0 Å². The van der Waals surface area contributed by atoms with Crippen LogP contribution in [0.1, 0.15) is 63.1 Å². The number of aromatic nitrogens is 2. The van der Waals surface area contributed by atoms with E-state index in [1.54, 1.807) is 0 Å². The van der Waals surface area contributed by atoms with Crippen molar-refractivity contribution >= 4 is 5.91 Å². The summed E-state index contributed by atoms with van der Waals surface area (Å²) in [4.78, 5) is 18.9. The van der Waals surface area contributed by atoms with Gasteiger partial charge in [-0.25, -0.2) is 0 Å². The zero-order valence-electron chi connectivity index (χ0n) is 14.5. The average molecular weight is 336 g/mol. The number of hydrogen-bond donors (Lipinski definition) is 1. The van der Waals surface area contributed by atoms with Gasteiger partial charge in [0.2, 0.25) is 11.8 Å². The minimum Gasteiger partial charge on any atom is -0.379 e. The second-order valence-electron chi connectivity index (χ2n) is 6.86. The fraction of sp³-hybridized carbons (Fsp3) is 0.824. The zero-order valence-corrected chi connectivity index (χ0v) is 14.5. The van der Waals surface area contributed by atoms with E-state index in [2.05, 4.69) is 27.3 Å². The zero-order chi connectivity index (χ0) is 16.8. The molecule has 1 saturated carbocycles. The molecule has 0 spiro atoms. The van der Waals surface area contributed by atoms with Gasteiger partial charge in [0, 0.05) is 31.5 Å². The van der Waals surface area contributed by atoms with Crippen LogP contribution in [0.3, 0.4) is 0 Å². The molecule has 134 valence electrons. The molecule has 7 nitrogen and oxygen atoms in total. The summed E-state index contributed by atoms with van der Waals surface area (Å²) in [6.07, 6.45) is 6.54. The molecule has 1 amide bonds. The van der Waals surface area contributed by atoms with Gasteiger partial charge in [0.05, 0.1) is 19.8 Å². The predicted molar refractivity (Wildman–Crippen MR) is 88.4 cm³/mol. The quantitative estimate of drug-likeness (QED) is 0.854. The Morgan fingerprint density at radius 2 is 2.04 bits per heavy atom. The molecular formula is C17H28N4O3. The SMILES string of the molecule is CC(CC(=O)NCc1nc(C2CCCCC2)no1)N1CCOCC1. The molecule has 7 heteroatoms. The average Bonchev–Trinajstić information content (AvgIpc) is 3.10. The van der Waals surface area contributed by atoms with E-state index in [9.17, 15) is 4.79 Å². The molecule has 1 aromatic heterocycles. The minimum atomic E-state index is 0.0198. The number of nitrogens with one attached hydrogen (secondary N) is 1. The molecule has 2 fully saturated rings. The van der Waals surface area contributed by atoms with Crippen molar-refractivity contribution in [3.8, 4) is 0 Å². The molecule has 1 N–H and O–H groups in total. The Kier molecular flexibility index (Phi) is 6.20. The lowest BCUT2D eigenvalue weighted by atomic mass is 9.89. The molecule has 1 aliphatic heterocycles. The Bertz CT molecular complexity index is 522. The summed E-state index contributed by atoms with van der Waals surface area (Å²) >= 11 is 0. The number of amides is 1. The summed E-state index contributed by atoms with van der Waals surface area (Å²) in [7, 11) is 0. The number of ether oxygens (including phenoxy) is 1. The second kappa shape index (κ2) is 8.58. The Labute approximate surface area is 143 Å². The van der Waals surface area contributed by atoms with E-state index in [0.717, 1.165) is 45.0 Å². The fourth-order valence-electron chi connectivity index (χ4n) is 3.53. The van der Waals surface area contributed by atoms with Gasteiger partial charge < -0.3 is 14.6 Å². The van der Waals surface area contributed by atoms with Gasteiger partial charge in [-0.05, 0) is 19.8 Å². The van der Waals surface area contributed by atoms with Crippen LogP contribution >= 0.6 is 0 Å². The lowest BCUT2D eigenvalue weighted by molar-refractivity contribution is -0.122. The maximum absolute atomic E-state index is 12.1. The molecule has 1 aliphatic carbocycles. The molecule has 1 atom stereocenters. The Morgan fingerprint density at radius 1 is 1.29 bits per heavy atom. The highest BCUT2D eigenvalue weighted by molar-refractivity contribution is 5.76. The monoisotopic (exact) mass is 336 g/mol. The third-order valence-electron chi connectivity index (χ3n) is 5.04. The van der Waals surface area contributed by atoms with Crippen LogP contribution in [-0.2, 0) is 16.1 Å². The van der Waals surface area contributed by atoms with Crippen LogP contribution in [0.2, 0.25) is 0 Å². The number of hydrogen-bond acceptors (Lipinski definition) is 6. The van der Waals surface area contributed by atoms with E-state index in [-0.39, 0.29) is 11.9 Å². The molecule has 24 heavy (non-hydrogen) atoms. The highest BCUT2D eigenvalue weighted by atomic mass is 16.5. The van der Waals surface area contributed by atoms with Gasteiger partial charge in [-0.2, -0.15) is 4.98 Å². The molecule has 2 aliphatic rings. The van der Waals surface area contributed by atoms with Crippen LogP contribution in [-0.4, -0.2) is 53.3 Å². The van der Waals surface area contributed by atoms with Crippen molar-refractivity contribution in [2.24, 2.45) is 0 Å². The van der Waals surface area contributed by atoms with E-state index in [4.69, 9.17) is 9.26 Å². The second-order valence-corrected chi connectivity index (χ2v) is 6.86. The first-order valence-corrected chi connectivity index (χ1v) is 9.13. The molecule has 0 bridgehead atoms. The van der Waals surface area contributed by atoms with Gasteiger partial charge in [0.25, 0.3) is 0 Å². The van der Waals surface area contributed by atoms with Crippen LogP contribution in [0.4, 0.5) is 0 Å². The van der Waals surface area contributed by atoms with E-state index in [0.29, 0.717) is 24.8 Å². The Hall–Kier alpha value is -1.47. The lowest BCUT2D eigenvalue weighted by Crippen LogP contribution is -2.44. The number of morpholine rings is 1. The first-order chi connectivity index (χ1) is 11.7. The highest BCUT2D eigenvalue weighted by Gasteiger charge is 2.22. The summed E-state index contributed by atoms with van der Waals surface area (Å²) in [6, 6.07) is 0.217. The van der Waals surface area contributed by atoms with Gasteiger partial charge >= 0.3 is 0 Å². The van der Waals surface area contributed by atoms with Crippen molar-refractivity contribution < 1.29 is 14.1 Å². The molecule has 1 saturated heterocycles. The number of nitrogens with zero attached hydrogens (tertiary/aromatic N) is 3. The summed E-state index contributed by atoms with van der Waals surface area (Å²) in [5, 5.41) is 6.98. The fourth-order valence-corrected chi connectivity index (χ4v) is 3.53. The third-order valence-corrected chi connectivity index (χ3v) is 5.04. The smallest absolute Gasteiger partial charge is 0.246 e. The first kappa shape index (κ1) is 17.4. The van der Waals surface area contributed by atoms with Crippen LogP contribution < -0.4 is 5.32 Å². The van der Waals surface area contributed by atoms with Crippen LogP contribution in [0.15, 0.2) is 4.52 Å². The maximum atomic E-state index is 12.1. The number of carbonyl (C=O) groups excluding carboxylic acids is 1. The van der Waals surface area contributed by atoms with Gasteiger partial charge in [0.1, 0.15) is 0 Å². The minimum absolute atomic E-state index is 0.0198. The van der Waals surface area contributed by atoms with E-state index in [1.807, 2.05) is 0 Å². The van der Waals surface area contributed by atoms with Crippen molar-refractivity contribution in [1.82, 2.24) is 20.4 Å². The molecule has 3 rings (SSSR count). The Morgan fingerprint density at radius 3 is 2.79 bits per heavy atom. The number of carbonyl (C=O) groups is 1. The van der Waals surface area contributed by atoms with Crippen molar-refractivity contribution in [3.05, 3.63) is 11.7 Å². The van der Waals surface area contributed by atoms with Gasteiger partial charge in [0.15, 0.2) is 5.82 Å². The van der Waals surface area contributed by atoms with Crippen LogP contribution in [0.5, 0.6) is 0 Å². The van der Waals surface area contributed by atoms with Gasteiger partial charge in [-0.3, -0.25) is 9.69 Å². The largest absolute Gasteiger partial charge is 0.379 e. The predicted octanol–water partition coefficient (Wildman–Crippen LogP) is 1.84. The van der Waals surface area contributed by atoms with E-state index in [1.165, 1.54) is 19.3 Å². The van der Waals surface area contributed by atoms with Crippen molar-refractivity contribution in [1.29, 1.82) is 0 Å². The van der Waals surface area contributed by atoms with Crippen molar-refractivity contribution in [2.45, 2.75) is 64.0 Å². The maximum Gasteiger partial charge on any atom is 0.246 e. The highest BCUT2D eigenvalue weighted by Crippen LogP contribution is 2.30. The Balaban J connectivity index is 1.41. The van der Waals surface area contributed by atoms with Crippen molar-refractivity contribution in [2.75, 3.05) is 26.3 Å². The van der Waals surface area contributed by atoms with Crippen LogP contribution in [0, 0.1) is 0 Å². The lowest BCUT2D eigenvalue weighted by Gasteiger charge is -2.31. The summed E-state index contributed by atoms with van der Waals surface area (Å²) in [6.45, 7) is 5.68. The molecule has 2 heterocycles. The van der Waals surface area contributed by atoms with E-state index >= 15 is 0 Å². The molecule has 1 aromatic rings. The molecule has 0 aromatic carbocycles. The topological polar surface area (TPSA) is 80.5 Å². The molecule has 0 radical (unpaired) electrons. The number of rotatable bonds is 6. The summed E-state index contributed by atoms with van der Waals surface area (Å²) in [5.41, 5.74) is 0. The standard InChI is InChI=1S/C17H28N4O3/c1-13(21-7-9-23-10-8-21)11-15(22)18-12-16-19-17(20-24-16)14-5-3-2-4-6-14/h13-14H,2-12H2,1H3,(H,18,22). The normalized spacial score (nSPS) is 21.5. The third kappa shape index (κ3) is 4.77. The molecule has 1 unspecified atom stereocenters. The van der Waals surface area contributed by atoms with Gasteiger partial charge in [-0.1, -0.05) is 24.4 Å². The van der Waals surface area contributed by atoms with Gasteiger partial charge in [-0.15, -0.1) is 0 Å². The summed E-state index contributed by atoms with van der Waals surface area (Å²) < 4.78 is 10.6. The van der Waals surface area contributed by atoms with Crippen LogP contribution in [0.25, 0.3) is 0 Å².